The van der Waals surface area contributed by atoms with Crippen molar-refractivity contribution in [1.29, 1.82) is 0 Å². The average molecular weight is 268 g/mol. The Morgan fingerprint density at radius 1 is 1.22 bits per heavy atom. The summed E-state index contributed by atoms with van der Waals surface area (Å²) in [7, 11) is 0. The fraction of sp³-hybridized carbons (Fsp3) is 0.182. The molecular formula is C11H10ClN3O3. The molecule has 0 unspecified atom stereocenters. The Morgan fingerprint density at radius 2 is 1.83 bits per heavy atom. The summed E-state index contributed by atoms with van der Waals surface area (Å²) >= 11 is 5.87. The van der Waals surface area contributed by atoms with E-state index in [1.165, 1.54) is 0 Å². The van der Waals surface area contributed by atoms with Crippen molar-refractivity contribution in [2.24, 2.45) is 5.92 Å². The Labute approximate surface area is 108 Å². The number of rotatable bonds is 3. The molecule has 3 N–H and O–H groups in total. The second-order valence-electron chi connectivity index (χ2n) is 3.76. The molecule has 2 rings (SSSR count). The molecule has 18 heavy (non-hydrogen) atoms. The van der Waals surface area contributed by atoms with Crippen LogP contribution in [-0.4, -0.2) is 17.7 Å². The summed E-state index contributed by atoms with van der Waals surface area (Å²) in [4.78, 5) is 34.2. The van der Waals surface area contributed by atoms with Crippen molar-refractivity contribution in [1.82, 2.24) is 10.9 Å². The Morgan fingerprint density at radius 3 is 2.44 bits per heavy atom. The van der Waals surface area contributed by atoms with Crippen LogP contribution in [-0.2, 0) is 14.4 Å². The molecule has 0 radical (unpaired) electrons. The van der Waals surface area contributed by atoms with Gasteiger partial charge in [0.25, 0.3) is 11.8 Å². The first-order valence-electron chi connectivity index (χ1n) is 5.22. The molecule has 1 aromatic rings. The predicted octanol–water partition coefficient (Wildman–Crippen LogP) is 0.446. The van der Waals surface area contributed by atoms with Crippen LogP contribution >= 0.6 is 11.6 Å². The SMILES string of the molecule is O=C(CC1C(=O)NNC1=O)Nc1ccccc1Cl. The normalized spacial score (nSPS) is 15.2. The minimum atomic E-state index is -0.993. The average Bonchev–Trinajstić information content (AvgIpc) is 2.64. The highest BCUT2D eigenvalue weighted by Crippen LogP contribution is 2.21. The van der Waals surface area contributed by atoms with Crippen molar-refractivity contribution in [3.05, 3.63) is 29.3 Å². The molecule has 7 heteroatoms. The van der Waals surface area contributed by atoms with Crippen LogP contribution in [0.5, 0.6) is 0 Å². The van der Waals surface area contributed by atoms with Gasteiger partial charge in [0, 0.05) is 6.42 Å². The van der Waals surface area contributed by atoms with Crippen molar-refractivity contribution >= 4 is 35.0 Å². The first-order valence-corrected chi connectivity index (χ1v) is 5.60. The van der Waals surface area contributed by atoms with Gasteiger partial charge in [-0.3, -0.25) is 25.2 Å². The van der Waals surface area contributed by atoms with Crippen LogP contribution in [0.15, 0.2) is 24.3 Å². The van der Waals surface area contributed by atoms with Gasteiger partial charge in [-0.25, -0.2) is 0 Å². The highest BCUT2D eigenvalue weighted by Gasteiger charge is 2.34. The summed E-state index contributed by atoms with van der Waals surface area (Å²) in [5, 5.41) is 2.94. The molecule has 0 atom stereocenters. The van der Waals surface area contributed by atoms with E-state index in [1.54, 1.807) is 24.3 Å². The number of hydrogen-bond donors (Lipinski definition) is 3. The summed E-state index contributed by atoms with van der Waals surface area (Å²) in [6.45, 7) is 0. The summed E-state index contributed by atoms with van der Waals surface area (Å²) in [6, 6.07) is 6.72. The van der Waals surface area contributed by atoms with E-state index in [0.717, 1.165) is 0 Å². The lowest BCUT2D eigenvalue weighted by Crippen LogP contribution is -2.28. The minimum Gasteiger partial charge on any atom is -0.325 e. The number of anilines is 1. The van der Waals surface area contributed by atoms with Gasteiger partial charge in [-0.1, -0.05) is 23.7 Å². The summed E-state index contributed by atoms with van der Waals surface area (Å²) < 4.78 is 0. The molecule has 6 nitrogen and oxygen atoms in total. The van der Waals surface area contributed by atoms with Crippen LogP contribution in [0.25, 0.3) is 0 Å². The minimum absolute atomic E-state index is 0.219. The third-order valence-electron chi connectivity index (χ3n) is 2.48. The number of para-hydroxylation sites is 1. The highest BCUT2D eigenvalue weighted by atomic mass is 35.5. The third-order valence-corrected chi connectivity index (χ3v) is 2.81. The van der Waals surface area contributed by atoms with E-state index in [-0.39, 0.29) is 6.42 Å². The zero-order valence-corrected chi connectivity index (χ0v) is 9.95. The fourth-order valence-electron chi connectivity index (χ4n) is 1.55. The molecule has 1 aliphatic rings. The van der Waals surface area contributed by atoms with E-state index in [1.807, 2.05) is 0 Å². The monoisotopic (exact) mass is 267 g/mol. The van der Waals surface area contributed by atoms with E-state index >= 15 is 0 Å². The largest absolute Gasteiger partial charge is 0.325 e. The molecule has 94 valence electrons. The summed E-state index contributed by atoms with van der Waals surface area (Å²) in [6.07, 6.45) is -0.219. The van der Waals surface area contributed by atoms with Gasteiger partial charge >= 0.3 is 0 Å². The quantitative estimate of drug-likeness (QED) is 0.695. The predicted molar refractivity (Wildman–Crippen MR) is 64.5 cm³/mol. The van der Waals surface area contributed by atoms with E-state index in [9.17, 15) is 14.4 Å². The fourth-order valence-corrected chi connectivity index (χ4v) is 1.73. The number of nitrogens with one attached hydrogen (secondary N) is 3. The van der Waals surface area contributed by atoms with E-state index < -0.39 is 23.6 Å². The van der Waals surface area contributed by atoms with Gasteiger partial charge in [-0.15, -0.1) is 0 Å². The lowest BCUT2D eigenvalue weighted by molar-refractivity contribution is -0.131. The number of benzene rings is 1. The lowest BCUT2D eigenvalue weighted by atomic mass is 10.1. The first-order chi connectivity index (χ1) is 8.58. The van der Waals surface area contributed by atoms with Gasteiger partial charge in [0.2, 0.25) is 5.91 Å². The molecule has 1 fully saturated rings. The third kappa shape index (κ3) is 2.60. The summed E-state index contributed by atoms with van der Waals surface area (Å²) in [5.74, 6) is -2.45. The number of halogens is 1. The Kier molecular flexibility index (Phi) is 3.47. The van der Waals surface area contributed by atoms with Gasteiger partial charge in [0.1, 0.15) is 5.92 Å². The topological polar surface area (TPSA) is 87.3 Å². The van der Waals surface area contributed by atoms with Crippen molar-refractivity contribution in [3.8, 4) is 0 Å². The van der Waals surface area contributed by atoms with Crippen LogP contribution in [0.2, 0.25) is 5.02 Å². The number of carbonyl (C=O) groups is 3. The van der Waals surface area contributed by atoms with Crippen LogP contribution in [0.1, 0.15) is 6.42 Å². The van der Waals surface area contributed by atoms with Crippen LogP contribution in [0.4, 0.5) is 5.69 Å². The summed E-state index contributed by atoms with van der Waals surface area (Å²) in [5.41, 5.74) is 4.76. The van der Waals surface area contributed by atoms with E-state index in [4.69, 9.17) is 11.6 Å². The maximum Gasteiger partial charge on any atom is 0.251 e. The van der Waals surface area contributed by atoms with Crippen LogP contribution in [0, 0.1) is 5.92 Å². The molecule has 0 aliphatic carbocycles. The van der Waals surface area contributed by atoms with Gasteiger partial charge < -0.3 is 5.32 Å². The van der Waals surface area contributed by atoms with Gasteiger partial charge in [-0.2, -0.15) is 0 Å². The maximum absolute atomic E-state index is 11.7. The standard InChI is InChI=1S/C11H10ClN3O3/c12-7-3-1-2-4-8(7)13-9(16)5-6-10(17)14-15-11(6)18/h1-4,6H,5H2,(H,13,16)(H,14,17)(H,15,18). The Bertz CT molecular complexity index is 502. The highest BCUT2D eigenvalue weighted by molar-refractivity contribution is 6.33. The van der Waals surface area contributed by atoms with Crippen LogP contribution in [0.3, 0.4) is 0 Å². The Balaban J connectivity index is 1.99. The Hall–Kier alpha value is -2.08. The molecule has 0 aromatic heterocycles. The lowest BCUT2D eigenvalue weighted by Gasteiger charge is -2.08. The number of carbonyl (C=O) groups excluding carboxylic acids is 3. The van der Waals surface area contributed by atoms with Gasteiger partial charge in [-0.05, 0) is 12.1 Å². The molecule has 1 aromatic carbocycles. The van der Waals surface area contributed by atoms with Crippen molar-refractivity contribution in [2.75, 3.05) is 5.32 Å². The zero-order chi connectivity index (χ0) is 13.1. The van der Waals surface area contributed by atoms with Crippen LogP contribution < -0.4 is 16.2 Å². The zero-order valence-electron chi connectivity index (χ0n) is 9.20. The second-order valence-corrected chi connectivity index (χ2v) is 4.17. The molecule has 1 heterocycles. The maximum atomic E-state index is 11.7. The van der Waals surface area contributed by atoms with Gasteiger partial charge in [0.05, 0.1) is 10.7 Å². The number of amides is 3. The van der Waals surface area contributed by atoms with E-state index in [2.05, 4.69) is 16.2 Å². The molecule has 0 bridgehead atoms. The number of hydrazine groups is 1. The van der Waals surface area contributed by atoms with E-state index in [0.29, 0.717) is 10.7 Å². The molecule has 3 amide bonds. The van der Waals surface area contributed by atoms with Crippen molar-refractivity contribution in [2.45, 2.75) is 6.42 Å². The van der Waals surface area contributed by atoms with Gasteiger partial charge in [0.15, 0.2) is 0 Å². The molecule has 0 spiro atoms. The number of hydrogen-bond acceptors (Lipinski definition) is 3. The smallest absolute Gasteiger partial charge is 0.251 e. The molecule has 1 aliphatic heterocycles. The van der Waals surface area contributed by atoms with Crippen molar-refractivity contribution in [3.63, 3.8) is 0 Å². The van der Waals surface area contributed by atoms with Crippen molar-refractivity contribution < 1.29 is 14.4 Å². The molecular weight excluding hydrogens is 258 g/mol. The second kappa shape index (κ2) is 5.05. The first kappa shape index (κ1) is 12.4. The molecule has 0 saturated carbocycles. The molecule has 1 saturated heterocycles.